The van der Waals surface area contributed by atoms with Crippen molar-refractivity contribution in [2.75, 3.05) is 25.6 Å². The summed E-state index contributed by atoms with van der Waals surface area (Å²) >= 11 is 0. The van der Waals surface area contributed by atoms with Crippen molar-refractivity contribution in [3.63, 3.8) is 0 Å². The lowest BCUT2D eigenvalue weighted by atomic mass is 10.0. The second-order valence-corrected chi connectivity index (χ2v) is 6.91. The van der Waals surface area contributed by atoms with Crippen molar-refractivity contribution in [3.05, 3.63) is 65.2 Å². The average molecular weight is 331 g/mol. The van der Waals surface area contributed by atoms with Gasteiger partial charge >= 0.3 is 0 Å². The van der Waals surface area contributed by atoms with Crippen LogP contribution in [0.4, 0.5) is 5.69 Å². The minimum Gasteiger partial charge on any atom is -0.388 e. The molecule has 0 saturated carbocycles. The fourth-order valence-electron chi connectivity index (χ4n) is 2.46. The summed E-state index contributed by atoms with van der Waals surface area (Å²) in [4.78, 5) is 0. The highest BCUT2D eigenvalue weighted by molar-refractivity contribution is 7.48. The Morgan fingerprint density at radius 3 is 1.78 bits per heavy atom. The lowest BCUT2D eigenvalue weighted by Gasteiger charge is -2.26. The summed E-state index contributed by atoms with van der Waals surface area (Å²) in [5.41, 5.74) is 4.95. The van der Waals surface area contributed by atoms with Crippen LogP contribution in [0.5, 0.6) is 0 Å². The van der Waals surface area contributed by atoms with Gasteiger partial charge in [0, 0.05) is 12.7 Å². The van der Waals surface area contributed by atoms with E-state index in [0.29, 0.717) is 13.2 Å². The molecule has 124 valence electrons. The first kappa shape index (κ1) is 17.9. The first-order valence-electron chi connectivity index (χ1n) is 8.08. The average Bonchev–Trinajstić information content (AvgIpc) is 2.58. The van der Waals surface area contributed by atoms with Gasteiger partial charge in [0.15, 0.2) is 8.38 Å². The van der Waals surface area contributed by atoms with E-state index < -0.39 is 8.38 Å². The maximum Gasteiger partial charge on any atom is 0.183 e. The van der Waals surface area contributed by atoms with Gasteiger partial charge in [0.2, 0.25) is 0 Å². The fourth-order valence-corrected chi connectivity index (χ4v) is 4.17. The summed E-state index contributed by atoms with van der Waals surface area (Å²) in [6, 6.07) is 17.2. The monoisotopic (exact) mass is 331 g/mol. The second kappa shape index (κ2) is 9.02. The van der Waals surface area contributed by atoms with Crippen LogP contribution in [0.15, 0.2) is 48.5 Å². The van der Waals surface area contributed by atoms with E-state index in [-0.39, 0.29) is 5.66 Å². The van der Waals surface area contributed by atoms with Crippen LogP contribution in [0, 0.1) is 6.92 Å². The standard InChI is InChI=1S/C19H26NO2P/c1-5-21-23(22-6-2)19(16-9-7-15(3)8-10-16)17-11-13-18(20-4)14-12-17/h7-14,19-20H,5-6H2,1-4H3. The zero-order valence-electron chi connectivity index (χ0n) is 14.4. The summed E-state index contributed by atoms with van der Waals surface area (Å²) in [7, 11) is 0.909. The molecule has 0 saturated heterocycles. The van der Waals surface area contributed by atoms with Gasteiger partial charge in [-0.2, -0.15) is 0 Å². The Labute approximate surface area is 140 Å². The molecule has 1 atom stereocenters. The predicted molar refractivity (Wildman–Crippen MR) is 99.2 cm³/mol. The number of hydrogen-bond acceptors (Lipinski definition) is 3. The normalized spacial score (nSPS) is 12.4. The van der Waals surface area contributed by atoms with E-state index in [2.05, 4.69) is 60.8 Å². The topological polar surface area (TPSA) is 30.5 Å². The van der Waals surface area contributed by atoms with Gasteiger partial charge in [0.25, 0.3) is 0 Å². The van der Waals surface area contributed by atoms with E-state index in [1.165, 1.54) is 16.7 Å². The second-order valence-electron chi connectivity index (χ2n) is 5.31. The number of hydrogen-bond donors (Lipinski definition) is 1. The third-order valence-electron chi connectivity index (χ3n) is 3.63. The van der Waals surface area contributed by atoms with Crippen LogP contribution in [0.25, 0.3) is 0 Å². The SMILES string of the molecule is CCOP(OCC)C(c1ccc(C)cc1)c1ccc(NC)cc1. The smallest absolute Gasteiger partial charge is 0.183 e. The number of nitrogens with one attached hydrogen (secondary N) is 1. The highest BCUT2D eigenvalue weighted by Gasteiger charge is 2.27. The number of benzene rings is 2. The van der Waals surface area contributed by atoms with Crippen molar-refractivity contribution in [1.29, 1.82) is 0 Å². The molecule has 0 bridgehead atoms. The third kappa shape index (κ3) is 4.78. The molecule has 0 aliphatic carbocycles. The van der Waals surface area contributed by atoms with Gasteiger partial charge in [-0.3, -0.25) is 0 Å². The lowest BCUT2D eigenvalue weighted by molar-refractivity contribution is 0.265. The Morgan fingerprint density at radius 1 is 0.870 bits per heavy atom. The van der Waals surface area contributed by atoms with Crippen molar-refractivity contribution in [1.82, 2.24) is 0 Å². The fraction of sp³-hybridized carbons (Fsp3) is 0.368. The van der Waals surface area contributed by atoms with Crippen molar-refractivity contribution in [2.24, 2.45) is 0 Å². The summed E-state index contributed by atoms with van der Waals surface area (Å²) in [5, 5.41) is 3.16. The highest BCUT2D eigenvalue weighted by atomic mass is 31.2. The van der Waals surface area contributed by atoms with E-state index >= 15 is 0 Å². The van der Waals surface area contributed by atoms with E-state index in [0.717, 1.165) is 5.69 Å². The van der Waals surface area contributed by atoms with Gasteiger partial charge in [0.05, 0.1) is 18.9 Å². The molecule has 0 fully saturated rings. The molecule has 0 aliphatic heterocycles. The maximum atomic E-state index is 5.97. The van der Waals surface area contributed by atoms with E-state index in [4.69, 9.17) is 9.05 Å². The molecular weight excluding hydrogens is 305 g/mol. The Morgan fingerprint density at radius 2 is 1.35 bits per heavy atom. The maximum absolute atomic E-state index is 5.97. The molecule has 2 aromatic carbocycles. The molecule has 4 heteroatoms. The van der Waals surface area contributed by atoms with Crippen molar-refractivity contribution < 1.29 is 9.05 Å². The van der Waals surface area contributed by atoms with E-state index in [9.17, 15) is 0 Å². The molecule has 0 heterocycles. The van der Waals surface area contributed by atoms with Crippen LogP contribution in [0.3, 0.4) is 0 Å². The molecule has 23 heavy (non-hydrogen) atoms. The lowest BCUT2D eigenvalue weighted by Crippen LogP contribution is -2.05. The molecule has 2 aromatic rings. The Bertz CT molecular complexity index is 577. The summed E-state index contributed by atoms with van der Waals surface area (Å²) in [5.74, 6) is 0. The van der Waals surface area contributed by atoms with Crippen LogP contribution >= 0.6 is 8.38 Å². The molecular formula is C19H26NO2P. The van der Waals surface area contributed by atoms with Crippen LogP contribution in [-0.2, 0) is 9.05 Å². The van der Waals surface area contributed by atoms with E-state index in [1.807, 2.05) is 20.9 Å². The summed E-state index contributed by atoms with van der Waals surface area (Å²) < 4.78 is 11.9. The van der Waals surface area contributed by atoms with Crippen molar-refractivity contribution >= 4 is 14.1 Å². The van der Waals surface area contributed by atoms with Crippen LogP contribution in [-0.4, -0.2) is 20.3 Å². The molecule has 0 aliphatic rings. The molecule has 0 aromatic heterocycles. The van der Waals surface area contributed by atoms with Gasteiger partial charge in [-0.25, -0.2) is 0 Å². The Balaban J connectivity index is 2.41. The van der Waals surface area contributed by atoms with Gasteiger partial charge in [-0.15, -0.1) is 0 Å². The largest absolute Gasteiger partial charge is 0.388 e. The first-order chi connectivity index (χ1) is 11.2. The molecule has 2 rings (SSSR count). The van der Waals surface area contributed by atoms with Crippen molar-refractivity contribution in [2.45, 2.75) is 26.4 Å². The molecule has 0 radical (unpaired) electrons. The molecule has 1 N–H and O–H groups in total. The zero-order valence-corrected chi connectivity index (χ0v) is 15.3. The molecule has 0 amide bonds. The Kier molecular flexibility index (Phi) is 7.04. The van der Waals surface area contributed by atoms with Crippen LogP contribution in [0.2, 0.25) is 0 Å². The summed E-state index contributed by atoms with van der Waals surface area (Å²) in [6.07, 6.45) is 0. The van der Waals surface area contributed by atoms with Crippen LogP contribution in [0.1, 0.15) is 36.2 Å². The predicted octanol–water partition coefficient (Wildman–Crippen LogP) is 5.51. The van der Waals surface area contributed by atoms with Gasteiger partial charge in [-0.05, 0) is 44.0 Å². The zero-order chi connectivity index (χ0) is 16.7. The molecule has 0 spiro atoms. The van der Waals surface area contributed by atoms with E-state index in [1.54, 1.807) is 0 Å². The van der Waals surface area contributed by atoms with Gasteiger partial charge in [-0.1, -0.05) is 42.0 Å². The highest BCUT2D eigenvalue weighted by Crippen LogP contribution is 2.56. The number of anilines is 1. The first-order valence-corrected chi connectivity index (χ1v) is 9.33. The van der Waals surface area contributed by atoms with Crippen LogP contribution < -0.4 is 5.32 Å². The van der Waals surface area contributed by atoms with Gasteiger partial charge in [0.1, 0.15) is 0 Å². The number of rotatable bonds is 8. The minimum absolute atomic E-state index is 0.122. The molecule has 3 nitrogen and oxygen atoms in total. The third-order valence-corrected chi connectivity index (χ3v) is 5.67. The van der Waals surface area contributed by atoms with Crippen molar-refractivity contribution in [3.8, 4) is 0 Å². The number of aryl methyl sites for hydroxylation is 1. The minimum atomic E-state index is -1.02. The quantitative estimate of drug-likeness (QED) is 0.647. The molecule has 1 unspecified atom stereocenters. The summed E-state index contributed by atoms with van der Waals surface area (Å²) in [6.45, 7) is 7.45. The van der Waals surface area contributed by atoms with Gasteiger partial charge < -0.3 is 14.4 Å². The Hall–Kier alpha value is -1.41.